The fourth-order valence-corrected chi connectivity index (χ4v) is 5.14. The van der Waals surface area contributed by atoms with Crippen LogP contribution in [0, 0.1) is 0 Å². The van der Waals surface area contributed by atoms with Crippen molar-refractivity contribution in [1.29, 1.82) is 0 Å². The van der Waals surface area contributed by atoms with E-state index in [-0.39, 0.29) is 59.3 Å². The minimum atomic E-state index is -3.93. The third-order valence-corrected chi connectivity index (χ3v) is 7.06. The van der Waals surface area contributed by atoms with Gasteiger partial charge < -0.3 is 18.9 Å². The summed E-state index contributed by atoms with van der Waals surface area (Å²) in [6.45, 7) is 1.03. The summed E-state index contributed by atoms with van der Waals surface area (Å²) >= 11 is 12.3. The van der Waals surface area contributed by atoms with Crippen LogP contribution in [0.3, 0.4) is 0 Å². The number of carbonyl (C=O) groups is 1. The molecule has 0 radical (unpaired) electrons. The number of carbonyl (C=O) groups excluding carboxylic acids is 1. The molecule has 2 aromatic rings. The molecule has 0 aromatic heterocycles. The monoisotopic (exact) mass is 459 g/mol. The van der Waals surface area contributed by atoms with Crippen LogP contribution < -0.4 is 14.2 Å². The Bertz CT molecular complexity index is 1070. The Hall–Kier alpha value is -2.04. The summed E-state index contributed by atoms with van der Waals surface area (Å²) in [5, 5.41) is -0.109. The van der Waals surface area contributed by atoms with Crippen molar-refractivity contribution in [3.63, 3.8) is 0 Å². The largest absolute Gasteiger partial charge is 0.454 e. The molecule has 154 valence electrons. The lowest BCUT2D eigenvalue weighted by atomic mass is 10.2. The highest BCUT2D eigenvalue weighted by atomic mass is 35.5. The number of fused-ring (bicyclic) bond motifs is 1. The fraction of sp³-hybridized carbons (Fsp3) is 0.278. The van der Waals surface area contributed by atoms with Crippen molar-refractivity contribution in [2.24, 2.45) is 0 Å². The minimum Gasteiger partial charge on any atom is -0.454 e. The smallest absolute Gasteiger partial charge is 0.345 e. The maximum Gasteiger partial charge on any atom is 0.345 e. The Labute approximate surface area is 176 Å². The predicted molar refractivity (Wildman–Crippen MR) is 104 cm³/mol. The van der Waals surface area contributed by atoms with E-state index in [1.807, 2.05) is 0 Å². The molecule has 4 rings (SSSR count). The molecule has 0 unspecified atom stereocenters. The summed E-state index contributed by atoms with van der Waals surface area (Å²) in [6, 6.07) is 6.97. The number of benzene rings is 2. The van der Waals surface area contributed by atoms with Gasteiger partial charge in [-0.1, -0.05) is 23.2 Å². The highest BCUT2D eigenvalue weighted by Crippen LogP contribution is 2.36. The molecule has 8 nitrogen and oxygen atoms in total. The number of rotatable bonds is 4. The Kier molecular flexibility index (Phi) is 5.58. The topological polar surface area (TPSA) is 91.4 Å². The Morgan fingerprint density at radius 1 is 1.00 bits per heavy atom. The lowest BCUT2D eigenvalue weighted by Crippen LogP contribution is -2.40. The van der Waals surface area contributed by atoms with E-state index in [9.17, 15) is 13.2 Å². The van der Waals surface area contributed by atoms with Crippen LogP contribution in [0.4, 0.5) is 0 Å². The Morgan fingerprint density at radius 3 is 2.48 bits per heavy atom. The number of halogens is 2. The first-order chi connectivity index (χ1) is 13.9. The standard InChI is InChI=1S/C18H15Cl2NO7S/c19-13-9-14(20)17(29(23,24)21-3-5-25-6-4-21)8-12(13)18(22)28-11-1-2-15-16(7-11)27-10-26-15/h1-2,7-9H,3-6,10H2. The Balaban J connectivity index is 1.63. The number of hydrogen-bond acceptors (Lipinski definition) is 7. The van der Waals surface area contributed by atoms with Crippen molar-refractivity contribution in [3.8, 4) is 17.2 Å². The zero-order valence-corrected chi connectivity index (χ0v) is 17.2. The average molecular weight is 460 g/mol. The number of hydrogen-bond donors (Lipinski definition) is 0. The molecule has 1 fully saturated rings. The molecule has 0 aliphatic carbocycles. The third kappa shape index (κ3) is 4.01. The molecule has 0 bridgehead atoms. The van der Waals surface area contributed by atoms with Crippen molar-refractivity contribution < 1.29 is 32.2 Å². The molecule has 2 aliphatic rings. The van der Waals surface area contributed by atoms with Crippen molar-refractivity contribution in [2.45, 2.75) is 4.90 Å². The van der Waals surface area contributed by atoms with Gasteiger partial charge in [-0.3, -0.25) is 0 Å². The van der Waals surface area contributed by atoms with E-state index in [4.69, 9.17) is 42.1 Å². The first-order valence-electron chi connectivity index (χ1n) is 8.55. The van der Waals surface area contributed by atoms with Gasteiger partial charge in [0.2, 0.25) is 16.8 Å². The minimum absolute atomic E-state index is 0.0262. The van der Waals surface area contributed by atoms with Crippen molar-refractivity contribution in [2.75, 3.05) is 33.1 Å². The molecule has 0 spiro atoms. The maximum atomic E-state index is 12.9. The van der Waals surface area contributed by atoms with Gasteiger partial charge in [0.25, 0.3) is 0 Å². The van der Waals surface area contributed by atoms with Gasteiger partial charge in [0.1, 0.15) is 10.6 Å². The van der Waals surface area contributed by atoms with Crippen LogP contribution >= 0.6 is 23.2 Å². The molecule has 1 saturated heterocycles. The maximum absolute atomic E-state index is 12.9. The molecule has 11 heteroatoms. The summed E-state index contributed by atoms with van der Waals surface area (Å²) in [6.07, 6.45) is 0. The lowest BCUT2D eigenvalue weighted by Gasteiger charge is -2.26. The summed E-state index contributed by atoms with van der Waals surface area (Å²) in [4.78, 5) is 12.4. The van der Waals surface area contributed by atoms with E-state index in [2.05, 4.69) is 0 Å². The average Bonchev–Trinajstić information content (AvgIpc) is 3.16. The summed E-state index contributed by atoms with van der Waals surface area (Å²) in [5.41, 5.74) is -0.124. The van der Waals surface area contributed by atoms with Gasteiger partial charge in [0.15, 0.2) is 11.5 Å². The van der Waals surface area contributed by atoms with Crippen molar-refractivity contribution >= 4 is 39.2 Å². The molecule has 2 aromatic carbocycles. The van der Waals surface area contributed by atoms with E-state index >= 15 is 0 Å². The molecule has 2 heterocycles. The van der Waals surface area contributed by atoms with Crippen LogP contribution in [-0.2, 0) is 14.8 Å². The second-order valence-electron chi connectivity index (χ2n) is 6.18. The number of morpholine rings is 1. The van der Waals surface area contributed by atoms with Gasteiger partial charge in [0, 0.05) is 19.2 Å². The number of ether oxygens (including phenoxy) is 4. The predicted octanol–water partition coefficient (Wildman–Crippen LogP) is 2.96. The highest BCUT2D eigenvalue weighted by Gasteiger charge is 2.30. The number of esters is 1. The van der Waals surface area contributed by atoms with Gasteiger partial charge in [-0.2, -0.15) is 4.31 Å². The molecule has 29 heavy (non-hydrogen) atoms. The molecule has 0 amide bonds. The van der Waals surface area contributed by atoms with E-state index in [1.165, 1.54) is 22.5 Å². The van der Waals surface area contributed by atoms with Crippen molar-refractivity contribution in [1.82, 2.24) is 4.31 Å². The molecule has 0 atom stereocenters. The van der Waals surface area contributed by atoms with Crippen LogP contribution in [0.5, 0.6) is 17.2 Å². The summed E-state index contributed by atoms with van der Waals surface area (Å²) < 4.78 is 48.1. The van der Waals surface area contributed by atoms with Crippen LogP contribution in [0.25, 0.3) is 0 Å². The van der Waals surface area contributed by atoms with Crippen LogP contribution in [0.2, 0.25) is 10.0 Å². The van der Waals surface area contributed by atoms with Crippen LogP contribution in [0.1, 0.15) is 10.4 Å². The lowest BCUT2D eigenvalue weighted by molar-refractivity contribution is 0.0727. The third-order valence-electron chi connectivity index (χ3n) is 4.38. The van der Waals surface area contributed by atoms with Crippen LogP contribution in [-0.4, -0.2) is 51.8 Å². The van der Waals surface area contributed by atoms with Crippen molar-refractivity contribution in [3.05, 3.63) is 45.9 Å². The normalized spacial score (nSPS) is 16.6. The van der Waals surface area contributed by atoms with Crippen LogP contribution in [0.15, 0.2) is 35.2 Å². The zero-order valence-electron chi connectivity index (χ0n) is 14.9. The Morgan fingerprint density at radius 2 is 1.72 bits per heavy atom. The fourth-order valence-electron chi connectivity index (χ4n) is 2.91. The highest BCUT2D eigenvalue weighted by molar-refractivity contribution is 7.89. The first-order valence-corrected chi connectivity index (χ1v) is 10.7. The van der Waals surface area contributed by atoms with Gasteiger partial charge in [-0.15, -0.1) is 0 Å². The van der Waals surface area contributed by atoms with E-state index < -0.39 is 16.0 Å². The molecule has 0 N–H and O–H groups in total. The SMILES string of the molecule is O=C(Oc1ccc2c(c1)OCO2)c1cc(S(=O)(=O)N2CCOCC2)c(Cl)cc1Cl. The number of nitrogens with zero attached hydrogens (tertiary/aromatic N) is 1. The molecule has 2 aliphatic heterocycles. The summed E-state index contributed by atoms with van der Waals surface area (Å²) in [7, 11) is -3.93. The van der Waals surface area contributed by atoms with Gasteiger partial charge in [-0.25, -0.2) is 13.2 Å². The van der Waals surface area contributed by atoms with Gasteiger partial charge in [-0.05, 0) is 24.3 Å². The van der Waals surface area contributed by atoms with Gasteiger partial charge >= 0.3 is 5.97 Å². The molecular weight excluding hydrogens is 445 g/mol. The second-order valence-corrected chi connectivity index (χ2v) is 8.90. The van der Waals surface area contributed by atoms with E-state index in [0.29, 0.717) is 11.5 Å². The summed E-state index contributed by atoms with van der Waals surface area (Å²) in [5.74, 6) is 0.341. The zero-order chi connectivity index (χ0) is 20.6. The van der Waals surface area contributed by atoms with E-state index in [0.717, 1.165) is 6.07 Å². The molecule has 0 saturated carbocycles. The quantitative estimate of drug-likeness (QED) is 0.512. The first kappa shape index (κ1) is 20.2. The number of sulfonamides is 1. The van der Waals surface area contributed by atoms with E-state index in [1.54, 1.807) is 6.07 Å². The second kappa shape index (κ2) is 8.00. The molecular formula is C18H15Cl2NO7S. The van der Waals surface area contributed by atoms with Gasteiger partial charge in [0.05, 0.1) is 28.8 Å².